The number of ether oxygens (including phenoxy) is 5. The van der Waals surface area contributed by atoms with E-state index in [9.17, 15) is 14.9 Å². The minimum atomic E-state index is -1.56. The van der Waals surface area contributed by atoms with Gasteiger partial charge >= 0.3 is 11.9 Å². The fourth-order valence-electron chi connectivity index (χ4n) is 4.91. The molecule has 0 aliphatic carbocycles. The highest BCUT2D eigenvalue weighted by atomic mass is 16.9. The van der Waals surface area contributed by atoms with Gasteiger partial charge < -0.3 is 18.9 Å². The molecule has 3 heterocycles. The Morgan fingerprint density at radius 2 is 1.45 bits per heavy atom. The van der Waals surface area contributed by atoms with Crippen molar-refractivity contribution in [1.82, 2.24) is 4.57 Å². The van der Waals surface area contributed by atoms with Crippen LogP contribution >= 0.6 is 0 Å². The number of fused-ring (bicyclic) bond motifs is 1. The third-order valence-corrected chi connectivity index (χ3v) is 6.80. The second-order valence-corrected chi connectivity index (χ2v) is 9.27. The summed E-state index contributed by atoms with van der Waals surface area (Å²) in [5.74, 6) is -2.69. The molecule has 2 fully saturated rings. The Morgan fingerprint density at radius 1 is 0.825 bits per heavy atom. The van der Waals surface area contributed by atoms with Crippen molar-refractivity contribution < 1.29 is 33.3 Å². The fourth-order valence-corrected chi connectivity index (χ4v) is 4.91. The molecule has 2 aliphatic rings. The second kappa shape index (κ2) is 10.8. The maximum absolute atomic E-state index is 13.1. The third-order valence-electron chi connectivity index (χ3n) is 6.80. The maximum Gasteiger partial charge on any atom is 0.338 e. The number of nitriles is 1. The van der Waals surface area contributed by atoms with Crippen LogP contribution in [0.5, 0.6) is 0 Å². The summed E-state index contributed by atoms with van der Waals surface area (Å²) in [6.07, 6.45) is -2.08. The Hall–Kier alpha value is -4.75. The van der Waals surface area contributed by atoms with E-state index in [1.54, 1.807) is 83.6 Å². The first-order chi connectivity index (χ1) is 19.6. The number of nitrogens with zero attached hydrogens (tertiary/aromatic N) is 2. The van der Waals surface area contributed by atoms with Gasteiger partial charge in [0.05, 0.1) is 11.1 Å². The molecule has 2 saturated heterocycles. The Bertz CT molecular complexity index is 1530. The lowest BCUT2D eigenvalue weighted by atomic mass is 10.1. The predicted octanol–water partition coefficient (Wildman–Crippen LogP) is 4.24. The van der Waals surface area contributed by atoms with Crippen LogP contribution in [0.2, 0.25) is 0 Å². The van der Waals surface area contributed by atoms with Crippen molar-refractivity contribution in [2.75, 3.05) is 6.61 Å². The molecule has 0 radical (unpaired) electrons. The van der Waals surface area contributed by atoms with Crippen LogP contribution < -0.4 is 0 Å². The first-order valence-electron chi connectivity index (χ1n) is 12.7. The minimum Gasteiger partial charge on any atom is -0.459 e. The summed E-state index contributed by atoms with van der Waals surface area (Å²) in [6.45, 7) is -0.203. The van der Waals surface area contributed by atoms with Gasteiger partial charge in [0.1, 0.15) is 24.5 Å². The average molecular weight is 537 g/mol. The Kier molecular flexibility index (Phi) is 6.88. The van der Waals surface area contributed by atoms with Gasteiger partial charge in [0.2, 0.25) is 0 Å². The van der Waals surface area contributed by atoms with E-state index >= 15 is 0 Å². The highest BCUT2D eigenvalue weighted by Crippen LogP contribution is 2.46. The largest absolute Gasteiger partial charge is 0.459 e. The first-order valence-corrected chi connectivity index (χ1v) is 12.7. The van der Waals surface area contributed by atoms with E-state index in [2.05, 4.69) is 6.07 Å². The summed E-state index contributed by atoms with van der Waals surface area (Å²) in [7, 11) is 0. The summed E-state index contributed by atoms with van der Waals surface area (Å²) < 4.78 is 32.2. The monoisotopic (exact) mass is 536 g/mol. The summed E-state index contributed by atoms with van der Waals surface area (Å²) in [5.41, 5.74) is 1.64. The average Bonchev–Trinajstić information content (AvgIpc) is 3.72. The zero-order valence-corrected chi connectivity index (χ0v) is 21.2. The summed E-state index contributed by atoms with van der Waals surface area (Å²) >= 11 is 0. The van der Waals surface area contributed by atoms with Crippen molar-refractivity contribution in [1.29, 1.82) is 5.26 Å². The van der Waals surface area contributed by atoms with E-state index in [4.69, 9.17) is 23.7 Å². The van der Waals surface area contributed by atoms with Gasteiger partial charge in [0.15, 0.2) is 18.5 Å². The molecule has 0 amide bonds. The normalized spacial score (nSPS) is 25.1. The van der Waals surface area contributed by atoms with E-state index in [1.807, 2.05) is 30.3 Å². The molecule has 200 valence electrons. The molecule has 9 heteroatoms. The lowest BCUT2D eigenvalue weighted by molar-refractivity contribution is -0.258. The number of carbonyl (C=O) groups excluding carboxylic acids is 2. The van der Waals surface area contributed by atoms with E-state index < -0.39 is 42.5 Å². The fraction of sp³-hybridized carbons (Fsp3) is 0.194. The van der Waals surface area contributed by atoms with E-state index in [1.165, 1.54) is 0 Å². The van der Waals surface area contributed by atoms with Crippen molar-refractivity contribution in [3.05, 3.63) is 132 Å². The molecule has 2 aliphatic heterocycles. The van der Waals surface area contributed by atoms with Gasteiger partial charge in [-0.1, -0.05) is 66.7 Å². The molecule has 1 aromatic heterocycles. The number of carbonyl (C=O) groups is 2. The molecular weight excluding hydrogens is 512 g/mol. The Labute approximate surface area is 230 Å². The van der Waals surface area contributed by atoms with E-state index in [-0.39, 0.29) is 6.61 Å². The number of aromatic nitrogens is 1. The maximum atomic E-state index is 13.1. The number of benzene rings is 3. The van der Waals surface area contributed by atoms with E-state index in [0.29, 0.717) is 22.4 Å². The van der Waals surface area contributed by atoms with Crippen molar-refractivity contribution in [2.45, 2.75) is 30.5 Å². The van der Waals surface area contributed by atoms with Crippen molar-refractivity contribution in [3.8, 4) is 6.07 Å². The lowest BCUT2D eigenvalue weighted by Crippen LogP contribution is -2.43. The number of hydrogen-bond acceptors (Lipinski definition) is 8. The van der Waals surface area contributed by atoms with Crippen molar-refractivity contribution in [3.63, 3.8) is 0 Å². The molecule has 0 N–H and O–H groups in total. The third kappa shape index (κ3) is 4.65. The molecule has 0 spiro atoms. The molecule has 0 saturated carbocycles. The Balaban J connectivity index is 1.31. The lowest BCUT2D eigenvalue weighted by Gasteiger charge is -2.33. The smallest absolute Gasteiger partial charge is 0.338 e. The van der Waals surface area contributed by atoms with E-state index in [0.717, 1.165) is 0 Å². The molecule has 9 nitrogen and oxygen atoms in total. The highest BCUT2D eigenvalue weighted by molar-refractivity contribution is 5.90. The van der Waals surface area contributed by atoms with Crippen LogP contribution in [0.15, 0.2) is 109 Å². The predicted molar refractivity (Wildman–Crippen MR) is 140 cm³/mol. The number of esters is 2. The minimum absolute atomic E-state index is 0.203. The van der Waals surface area contributed by atoms with Crippen LogP contribution in [-0.4, -0.2) is 47.7 Å². The van der Waals surface area contributed by atoms with Crippen molar-refractivity contribution in [2.24, 2.45) is 0 Å². The highest BCUT2D eigenvalue weighted by Gasteiger charge is 2.61. The molecular formula is C31H24N2O7. The van der Waals surface area contributed by atoms with Gasteiger partial charge in [0, 0.05) is 11.8 Å². The quantitative estimate of drug-likeness (QED) is 0.323. The zero-order valence-electron chi connectivity index (χ0n) is 21.2. The SMILES string of the molecule is N#Cc1cccn1C1(c2ccccc2)O[C@H]2O[C@H](COC(=O)c3ccccc3)[C@@H](OC(=O)c3ccccc3)[C@H]2O1. The molecule has 6 rings (SSSR count). The molecule has 4 aromatic rings. The molecule has 40 heavy (non-hydrogen) atoms. The topological polar surface area (TPSA) is 109 Å². The molecule has 3 aromatic carbocycles. The second-order valence-electron chi connectivity index (χ2n) is 9.27. The van der Waals surface area contributed by atoms with Gasteiger partial charge in [0.25, 0.3) is 5.91 Å². The van der Waals surface area contributed by atoms with Gasteiger partial charge in [-0.05, 0) is 36.4 Å². The molecule has 1 unspecified atom stereocenters. The van der Waals surface area contributed by atoms with Gasteiger partial charge in [-0.15, -0.1) is 0 Å². The summed E-state index contributed by atoms with van der Waals surface area (Å²) in [6, 6.07) is 31.7. The molecule has 0 bridgehead atoms. The van der Waals surface area contributed by atoms with Crippen LogP contribution in [0.4, 0.5) is 0 Å². The molecule has 5 atom stereocenters. The van der Waals surface area contributed by atoms with Crippen LogP contribution in [-0.2, 0) is 29.6 Å². The Morgan fingerprint density at radius 3 is 2.10 bits per heavy atom. The van der Waals surface area contributed by atoms with Gasteiger partial charge in [-0.25, -0.2) is 9.59 Å². The van der Waals surface area contributed by atoms with Crippen molar-refractivity contribution >= 4 is 11.9 Å². The zero-order chi connectivity index (χ0) is 27.5. The standard InChI is InChI=1S/C31H24N2O7/c32-19-24-17-10-18-33(24)31(23-15-8-3-9-16-23)39-27-26(38-29(35)22-13-6-2-7-14-22)25(37-30(27)40-31)20-36-28(34)21-11-4-1-5-12-21/h1-18,25-27,30H,20H2/t25-,26-,27-,30-,31?/m1/s1. The van der Waals surface area contributed by atoms with Gasteiger partial charge in [-0.2, -0.15) is 5.26 Å². The van der Waals surface area contributed by atoms with Crippen LogP contribution in [0, 0.1) is 11.3 Å². The summed E-state index contributed by atoms with van der Waals surface area (Å²) in [5, 5.41) is 9.76. The summed E-state index contributed by atoms with van der Waals surface area (Å²) in [4.78, 5) is 25.8. The van der Waals surface area contributed by atoms with Crippen LogP contribution in [0.25, 0.3) is 0 Å². The van der Waals surface area contributed by atoms with Crippen LogP contribution in [0.1, 0.15) is 32.0 Å². The first kappa shape index (κ1) is 25.5. The van der Waals surface area contributed by atoms with Gasteiger partial charge in [-0.3, -0.25) is 9.30 Å². The number of hydrogen-bond donors (Lipinski definition) is 0. The van der Waals surface area contributed by atoms with Crippen LogP contribution in [0.3, 0.4) is 0 Å². The number of rotatable bonds is 7.